The number of aliphatic hydroxyl groups is 1. The summed E-state index contributed by atoms with van der Waals surface area (Å²) >= 11 is 0. The van der Waals surface area contributed by atoms with Crippen molar-refractivity contribution in [2.24, 2.45) is 0 Å². The average Bonchev–Trinajstić information content (AvgIpc) is 2.27. The van der Waals surface area contributed by atoms with Crippen LogP contribution in [0, 0.1) is 13.8 Å². The van der Waals surface area contributed by atoms with Crippen molar-refractivity contribution in [2.45, 2.75) is 26.9 Å². The van der Waals surface area contributed by atoms with E-state index in [1.54, 1.807) is 26.2 Å². The van der Waals surface area contributed by atoms with Gasteiger partial charge in [-0.3, -0.25) is 0 Å². The van der Waals surface area contributed by atoms with E-state index in [0.717, 1.165) is 16.9 Å². The van der Waals surface area contributed by atoms with Crippen LogP contribution >= 0.6 is 0 Å². The maximum Gasteiger partial charge on any atom is 0.339 e. The molecule has 0 fully saturated rings. The van der Waals surface area contributed by atoms with Gasteiger partial charge in [0.15, 0.2) is 6.10 Å². The molecule has 1 atom stereocenters. The topological polar surface area (TPSA) is 55.8 Å². The SMILES string of the molecule is CCOC(=O)C(O)c1cc(C)c(OC)c(C)c1. The van der Waals surface area contributed by atoms with Gasteiger partial charge in [0.25, 0.3) is 0 Å². The molecule has 4 heteroatoms. The lowest BCUT2D eigenvalue weighted by Crippen LogP contribution is -2.15. The van der Waals surface area contributed by atoms with E-state index in [1.165, 1.54) is 0 Å². The number of rotatable bonds is 4. The average molecular weight is 238 g/mol. The van der Waals surface area contributed by atoms with Crippen molar-refractivity contribution in [3.8, 4) is 5.75 Å². The van der Waals surface area contributed by atoms with Crippen LogP contribution in [0.3, 0.4) is 0 Å². The molecule has 1 aromatic rings. The van der Waals surface area contributed by atoms with Gasteiger partial charge < -0.3 is 14.6 Å². The second-order valence-corrected chi connectivity index (χ2v) is 3.84. The second kappa shape index (κ2) is 5.68. The molecule has 0 heterocycles. The normalized spacial score (nSPS) is 12.1. The minimum absolute atomic E-state index is 0.254. The van der Waals surface area contributed by atoms with Crippen LogP contribution < -0.4 is 4.74 Å². The molecule has 1 rings (SSSR count). The molecule has 0 aliphatic heterocycles. The maximum absolute atomic E-state index is 11.4. The Hall–Kier alpha value is -1.55. The molecule has 1 N–H and O–H groups in total. The van der Waals surface area contributed by atoms with Gasteiger partial charge in [0.05, 0.1) is 13.7 Å². The van der Waals surface area contributed by atoms with Gasteiger partial charge >= 0.3 is 5.97 Å². The maximum atomic E-state index is 11.4. The molecule has 0 saturated carbocycles. The third kappa shape index (κ3) is 2.97. The second-order valence-electron chi connectivity index (χ2n) is 3.84. The Bertz CT molecular complexity index is 389. The zero-order valence-corrected chi connectivity index (χ0v) is 10.6. The van der Waals surface area contributed by atoms with Crippen molar-refractivity contribution in [2.75, 3.05) is 13.7 Å². The zero-order valence-electron chi connectivity index (χ0n) is 10.6. The fraction of sp³-hybridized carbons (Fsp3) is 0.462. The molecule has 94 valence electrons. The van der Waals surface area contributed by atoms with E-state index in [9.17, 15) is 9.90 Å². The molecule has 0 amide bonds. The molecule has 0 spiro atoms. The van der Waals surface area contributed by atoms with E-state index in [2.05, 4.69) is 0 Å². The summed E-state index contributed by atoms with van der Waals surface area (Å²) in [5.74, 6) is 0.140. The molecule has 0 aliphatic carbocycles. The summed E-state index contributed by atoms with van der Waals surface area (Å²) in [6.07, 6.45) is -1.24. The van der Waals surface area contributed by atoms with Gasteiger partial charge in [-0.2, -0.15) is 0 Å². The van der Waals surface area contributed by atoms with E-state index in [0.29, 0.717) is 5.56 Å². The van der Waals surface area contributed by atoms with Gasteiger partial charge in [-0.15, -0.1) is 0 Å². The summed E-state index contributed by atoms with van der Waals surface area (Å²) in [7, 11) is 1.59. The first kappa shape index (κ1) is 13.5. The molecule has 0 aliphatic rings. The number of carbonyl (C=O) groups is 1. The lowest BCUT2D eigenvalue weighted by atomic mass is 10.0. The first-order valence-corrected chi connectivity index (χ1v) is 5.51. The van der Waals surface area contributed by atoms with Gasteiger partial charge in [-0.1, -0.05) is 0 Å². The Morgan fingerprint density at radius 3 is 2.29 bits per heavy atom. The number of methoxy groups -OCH3 is 1. The van der Waals surface area contributed by atoms with Crippen LogP contribution in [0.4, 0.5) is 0 Å². The number of hydrogen-bond donors (Lipinski definition) is 1. The Morgan fingerprint density at radius 1 is 1.35 bits per heavy atom. The molecule has 0 radical (unpaired) electrons. The molecular formula is C13H18O4. The Kier molecular flexibility index (Phi) is 4.52. The monoisotopic (exact) mass is 238 g/mol. The molecule has 1 unspecified atom stereocenters. The van der Waals surface area contributed by atoms with Gasteiger partial charge in [-0.25, -0.2) is 4.79 Å². The third-order valence-corrected chi connectivity index (χ3v) is 2.51. The van der Waals surface area contributed by atoms with E-state index < -0.39 is 12.1 Å². The third-order valence-electron chi connectivity index (χ3n) is 2.51. The van der Waals surface area contributed by atoms with Crippen molar-refractivity contribution in [3.63, 3.8) is 0 Å². The van der Waals surface area contributed by atoms with Crippen molar-refractivity contribution >= 4 is 5.97 Å². The van der Waals surface area contributed by atoms with Crippen LogP contribution in [0.5, 0.6) is 5.75 Å². The van der Waals surface area contributed by atoms with Crippen LogP contribution in [0.25, 0.3) is 0 Å². The molecular weight excluding hydrogens is 220 g/mol. The number of hydrogen-bond acceptors (Lipinski definition) is 4. The van der Waals surface area contributed by atoms with Crippen LogP contribution in [-0.4, -0.2) is 24.8 Å². The van der Waals surface area contributed by atoms with E-state index in [1.807, 2.05) is 13.8 Å². The molecule has 0 aromatic heterocycles. The van der Waals surface area contributed by atoms with E-state index >= 15 is 0 Å². The predicted octanol–water partition coefficient (Wildman–Crippen LogP) is 1.91. The number of benzene rings is 1. The van der Waals surface area contributed by atoms with Gasteiger partial charge in [0, 0.05) is 0 Å². The first-order valence-electron chi connectivity index (χ1n) is 5.51. The largest absolute Gasteiger partial charge is 0.496 e. The minimum atomic E-state index is -1.24. The van der Waals surface area contributed by atoms with Crippen LogP contribution in [-0.2, 0) is 9.53 Å². The Labute approximate surface area is 101 Å². The lowest BCUT2D eigenvalue weighted by molar-refractivity contribution is -0.153. The molecule has 17 heavy (non-hydrogen) atoms. The summed E-state index contributed by atoms with van der Waals surface area (Å²) in [6, 6.07) is 3.46. The van der Waals surface area contributed by atoms with Gasteiger partial charge in [-0.05, 0) is 49.6 Å². The number of carbonyl (C=O) groups excluding carboxylic acids is 1. The Balaban J connectivity index is 3.04. The fourth-order valence-corrected chi connectivity index (χ4v) is 1.82. The predicted molar refractivity (Wildman–Crippen MR) is 64.1 cm³/mol. The fourth-order valence-electron chi connectivity index (χ4n) is 1.82. The van der Waals surface area contributed by atoms with Gasteiger partial charge in [0.2, 0.25) is 0 Å². The smallest absolute Gasteiger partial charge is 0.339 e. The van der Waals surface area contributed by atoms with Crippen molar-refractivity contribution < 1.29 is 19.4 Å². The van der Waals surface area contributed by atoms with E-state index in [-0.39, 0.29) is 6.61 Å². The van der Waals surface area contributed by atoms with Crippen LogP contribution in [0.2, 0.25) is 0 Å². The van der Waals surface area contributed by atoms with E-state index in [4.69, 9.17) is 9.47 Å². The van der Waals surface area contributed by atoms with Crippen LogP contribution in [0.15, 0.2) is 12.1 Å². The molecule has 0 saturated heterocycles. The zero-order chi connectivity index (χ0) is 13.0. The highest BCUT2D eigenvalue weighted by atomic mass is 16.5. The van der Waals surface area contributed by atoms with Crippen molar-refractivity contribution in [1.82, 2.24) is 0 Å². The van der Waals surface area contributed by atoms with Crippen molar-refractivity contribution in [1.29, 1.82) is 0 Å². The number of aryl methyl sites for hydroxylation is 2. The summed E-state index contributed by atoms with van der Waals surface area (Å²) in [5, 5.41) is 9.82. The summed E-state index contributed by atoms with van der Waals surface area (Å²) < 4.78 is 9.99. The first-order chi connectivity index (χ1) is 8.01. The summed E-state index contributed by atoms with van der Waals surface area (Å²) in [6.45, 7) is 5.69. The number of ether oxygens (including phenoxy) is 2. The van der Waals surface area contributed by atoms with Crippen molar-refractivity contribution in [3.05, 3.63) is 28.8 Å². The van der Waals surface area contributed by atoms with Gasteiger partial charge in [0.1, 0.15) is 5.75 Å². The highest BCUT2D eigenvalue weighted by Gasteiger charge is 2.20. The van der Waals surface area contributed by atoms with Crippen LogP contribution in [0.1, 0.15) is 29.7 Å². The lowest BCUT2D eigenvalue weighted by Gasteiger charge is -2.14. The summed E-state index contributed by atoms with van der Waals surface area (Å²) in [4.78, 5) is 11.4. The highest BCUT2D eigenvalue weighted by molar-refractivity contribution is 5.76. The molecule has 1 aromatic carbocycles. The number of esters is 1. The minimum Gasteiger partial charge on any atom is -0.496 e. The number of aliphatic hydroxyl groups excluding tert-OH is 1. The molecule has 0 bridgehead atoms. The standard InChI is InChI=1S/C13H18O4/c1-5-17-13(15)11(14)10-6-8(2)12(16-4)9(3)7-10/h6-7,11,14H,5H2,1-4H3. The Morgan fingerprint density at radius 2 is 1.88 bits per heavy atom. The quantitative estimate of drug-likeness (QED) is 0.814. The molecule has 4 nitrogen and oxygen atoms in total. The highest BCUT2D eigenvalue weighted by Crippen LogP contribution is 2.27. The summed E-state index contributed by atoms with van der Waals surface area (Å²) in [5.41, 5.74) is 2.29.